The highest BCUT2D eigenvalue weighted by Crippen LogP contribution is 2.33. The molecule has 0 aliphatic carbocycles. The van der Waals surface area contributed by atoms with Gasteiger partial charge in [0.25, 0.3) is 0 Å². The van der Waals surface area contributed by atoms with E-state index in [4.69, 9.17) is 0 Å². The maximum absolute atomic E-state index is 13.0. The van der Waals surface area contributed by atoms with Crippen molar-refractivity contribution >= 4 is 16.9 Å². The predicted molar refractivity (Wildman–Crippen MR) is 97.8 cm³/mol. The molecule has 0 aliphatic rings. The topological polar surface area (TPSA) is 50.2 Å². The van der Waals surface area contributed by atoms with Gasteiger partial charge >= 0.3 is 12.1 Å². The fraction of sp³-hybridized carbons (Fsp3) is 0.238. The lowest BCUT2D eigenvalue weighted by atomic mass is 9.95. The molecule has 3 nitrogen and oxygen atoms in total. The maximum Gasteiger partial charge on any atom is 0.416 e. The average molecular weight is 373 g/mol. The van der Waals surface area contributed by atoms with Crippen LogP contribution in [0.3, 0.4) is 0 Å². The van der Waals surface area contributed by atoms with Gasteiger partial charge in [-0.3, -0.25) is 0 Å². The van der Waals surface area contributed by atoms with Crippen LogP contribution in [0.25, 0.3) is 22.2 Å². The molecule has 0 aliphatic heterocycles. The summed E-state index contributed by atoms with van der Waals surface area (Å²) in [4.78, 5) is 16.2. The summed E-state index contributed by atoms with van der Waals surface area (Å²) in [5.41, 5.74) is 1.08. The minimum absolute atomic E-state index is 0.0255. The molecule has 3 aromatic rings. The summed E-state index contributed by atoms with van der Waals surface area (Å²) in [6.07, 6.45) is -3.57. The molecule has 1 N–H and O–H groups in total. The molecule has 1 atom stereocenters. The number of carboxylic acids is 1. The van der Waals surface area contributed by atoms with Gasteiger partial charge in [-0.2, -0.15) is 13.2 Å². The molecule has 3 rings (SSSR count). The van der Waals surface area contributed by atoms with Crippen LogP contribution in [0.2, 0.25) is 0 Å². The van der Waals surface area contributed by atoms with E-state index >= 15 is 0 Å². The highest BCUT2D eigenvalue weighted by Gasteiger charge is 2.30. The number of halogens is 3. The van der Waals surface area contributed by atoms with E-state index in [2.05, 4.69) is 4.98 Å². The number of rotatable bonds is 4. The SMILES string of the molecule is CCC(C)c1ccc2nc(-c3cccc(C(F)(F)F)c3)cc(C(=O)O)c2c1. The molecule has 0 fully saturated rings. The Morgan fingerprint density at radius 3 is 2.52 bits per heavy atom. The second-order valence-corrected chi connectivity index (χ2v) is 6.52. The lowest BCUT2D eigenvalue weighted by molar-refractivity contribution is -0.137. The van der Waals surface area contributed by atoms with Crippen molar-refractivity contribution in [3.8, 4) is 11.3 Å². The van der Waals surface area contributed by atoms with Crippen LogP contribution < -0.4 is 0 Å². The molecule has 140 valence electrons. The van der Waals surface area contributed by atoms with Crippen LogP contribution >= 0.6 is 0 Å². The monoisotopic (exact) mass is 373 g/mol. The first-order valence-electron chi connectivity index (χ1n) is 8.56. The van der Waals surface area contributed by atoms with Gasteiger partial charge in [0.05, 0.1) is 22.3 Å². The Labute approximate surface area is 154 Å². The lowest BCUT2D eigenvalue weighted by Gasteiger charge is -2.13. The zero-order chi connectivity index (χ0) is 19.8. The normalized spacial score (nSPS) is 12.9. The van der Waals surface area contributed by atoms with Crippen LogP contribution in [-0.2, 0) is 6.18 Å². The summed E-state index contributed by atoms with van der Waals surface area (Å²) >= 11 is 0. The lowest BCUT2D eigenvalue weighted by Crippen LogP contribution is -2.05. The van der Waals surface area contributed by atoms with Gasteiger partial charge in [0, 0.05) is 10.9 Å². The van der Waals surface area contributed by atoms with Crippen molar-refractivity contribution in [2.45, 2.75) is 32.4 Å². The molecule has 6 heteroatoms. The first-order valence-corrected chi connectivity index (χ1v) is 8.56. The quantitative estimate of drug-likeness (QED) is 0.598. The number of hydrogen-bond acceptors (Lipinski definition) is 2. The van der Waals surface area contributed by atoms with Gasteiger partial charge in [-0.1, -0.05) is 32.0 Å². The zero-order valence-corrected chi connectivity index (χ0v) is 14.8. The fourth-order valence-corrected chi connectivity index (χ4v) is 2.97. The minimum Gasteiger partial charge on any atom is -0.478 e. The molecule has 1 unspecified atom stereocenters. The van der Waals surface area contributed by atoms with Gasteiger partial charge < -0.3 is 5.11 Å². The van der Waals surface area contributed by atoms with E-state index in [1.165, 1.54) is 18.2 Å². The Morgan fingerprint density at radius 2 is 1.89 bits per heavy atom. The molecule has 0 saturated carbocycles. The van der Waals surface area contributed by atoms with Crippen LogP contribution in [0.5, 0.6) is 0 Å². The largest absolute Gasteiger partial charge is 0.478 e. The Morgan fingerprint density at radius 1 is 1.15 bits per heavy atom. The Hall–Kier alpha value is -2.89. The van der Waals surface area contributed by atoms with Crippen LogP contribution in [0, 0.1) is 0 Å². The van der Waals surface area contributed by atoms with Gasteiger partial charge in [0.2, 0.25) is 0 Å². The number of carbonyl (C=O) groups is 1. The van der Waals surface area contributed by atoms with Crippen LogP contribution in [0.15, 0.2) is 48.5 Å². The summed E-state index contributed by atoms with van der Waals surface area (Å²) in [7, 11) is 0. The molecule has 0 bridgehead atoms. The summed E-state index contributed by atoms with van der Waals surface area (Å²) in [5, 5.41) is 10.1. The van der Waals surface area contributed by atoms with E-state index in [-0.39, 0.29) is 22.7 Å². The van der Waals surface area contributed by atoms with E-state index < -0.39 is 17.7 Å². The smallest absolute Gasteiger partial charge is 0.416 e. The molecule has 1 aromatic heterocycles. The number of fused-ring (bicyclic) bond motifs is 1. The zero-order valence-electron chi connectivity index (χ0n) is 14.8. The van der Waals surface area contributed by atoms with E-state index in [0.29, 0.717) is 10.9 Å². The predicted octanol–water partition coefficient (Wildman–Crippen LogP) is 6.13. The van der Waals surface area contributed by atoms with E-state index in [0.717, 1.165) is 24.1 Å². The molecular weight excluding hydrogens is 355 g/mol. The third-order valence-electron chi connectivity index (χ3n) is 4.73. The van der Waals surface area contributed by atoms with Crippen LogP contribution in [0.1, 0.15) is 47.7 Å². The molecule has 0 radical (unpaired) electrons. The van der Waals surface area contributed by atoms with Crippen molar-refractivity contribution < 1.29 is 23.1 Å². The number of nitrogens with zero attached hydrogens (tertiary/aromatic N) is 1. The second kappa shape index (κ2) is 7.02. The Balaban J connectivity index is 2.20. The third kappa shape index (κ3) is 3.79. The summed E-state index contributed by atoms with van der Waals surface area (Å²) in [5.74, 6) is -0.879. The maximum atomic E-state index is 13.0. The van der Waals surface area contributed by atoms with Gasteiger partial charge in [0.1, 0.15) is 0 Å². The first-order chi connectivity index (χ1) is 12.7. The van der Waals surface area contributed by atoms with Gasteiger partial charge in [0.15, 0.2) is 0 Å². The van der Waals surface area contributed by atoms with E-state index in [1.54, 1.807) is 12.1 Å². The van der Waals surface area contributed by atoms with Gasteiger partial charge in [-0.15, -0.1) is 0 Å². The number of carboxylic acid groups (broad SMARTS) is 1. The summed E-state index contributed by atoms with van der Waals surface area (Å²) in [6, 6.07) is 11.5. The highest BCUT2D eigenvalue weighted by atomic mass is 19.4. The first kappa shape index (κ1) is 18.9. The molecule has 2 aromatic carbocycles. The second-order valence-electron chi connectivity index (χ2n) is 6.52. The number of alkyl halides is 3. The van der Waals surface area contributed by atoms with Crippen molar-refractivity contribution in [2.75, 3.05) is 0 Å². The summed E-state index contributed by atoms with van der Waals surface area (Å²) in [6.45, 7) is 4.09. The number of hydrogen-bond donors (Lipinski definition) is 1. The number of aromatic carboxylic acids is 1. The molecular formula is C21H18F3NO2. The van der Waals surface area contributed by atoms with Crippen molar-refractivity contribution in [3.05, 3.63) is 65.2 Å². The van der Waals surface area contributed by atoms with Crippen molar-refractivity contribution in [3.63, 3.8) is 0 Å². The molecule has 1 heterocycles. The van der Waals surface area contributed by atoms with Gasteiger partial charge in [-0.05, 0) is 48.2 Å². The van der Waals surface area contributed by atoms with Crippen LogP contribution in [0.4, 0.5) is 13.2 Å². The molecule has 0 spiro atoms. The van der Waals surface area contributed by atoms with E-state index in [1.807, 2.05) is 19.9 Å². The Kier molecular flexibility index (Phi) is 4.91. The Bertz CT molecular complexity index is 1010. The number of benzene rings is 2. The van der Waals surface area contributed by atoms with Crippen molar-refractivity contribution in [2.24, 2.45) is 0 Å². The number of aromatic nitrogens is 1. The molecule has 0 saturated heterocycles. The standard InChI is InChI=1S/C21H18F3NO2/c1-3-12(2)13-7-8-18-16(10-13)17(20(26)27)11-19(25-18)14-5-4-6-15(9-14)21(22,23)24/h4-12H,3H2,1-2H3,(H,26,27). The van der Waals surface area contributed by atoms with Crippen molar-refractivity contribution in [1.82, 2.24) is 4.98 Å². The summed E-state index contributed by atoms with van der Waals surface area (Å²) < 4.78 is 38.9. The van der Waals surface area contributed by atoms with Gasteiger partial charge in [-0.25, -0.2) is 9.78 Å². The van der Waals surface area contributed by atoms with Crippen LogP contribution in [-0.4, -0.2) is 16.1 Å². The fourth-order valence-electron chi connectivity index (χ4n) is 2.97. The molecule has 0 amide bonds. The minimum atomic E-state index is -4.48. The average Bonchev–Trinajstić information content (AvgIpc) is 2.65. The number of pyridine rings is 1. The third-order valence-corrected chi connectivity index (χ3v) is 4.73. The molecule has 27 heavy (non-hydrogen) atoms. The highest BCUT2D eigenvalue weighted by molar-refractivity contribution is 6.04. The van der Waals surface area contributed by atoms with Crippen molar-refractivity contribution in [1.29, 1.82) is 0 Å². The van der Waals surface area contributed by atoms with E-state index in [9.17, 15) is 23.1 Å².